The second-order valence-electron chi connectivity index (χ2n) is 2.32. The van der Waals surface area contributed by atoms with Crippen LogP contribution in [0, 0.1) is 0 Å². The minimum Gasteiger partial charge on any atom is -0.354 e. The first kappa shape index (κ1) is 12.6. The zero-order valence-electron chi connectivity index (χ0n) is 7.25. The minimum atomic E-state index is -0.193. The molecule has 0 aliphatic carbocycles. The summed E-state index contributed by atoms with van der Waals surface area (Å²) in [5.74, 6) is 0.734. The number of rotatable bonds is 6. The summed E-state index contributed by atoms with van der Waals surface area (Å²) in [5.41, 5.74) is 0. The molecule has 0 spiro atoms. The summed E-state index contributed by atoms with van der Waals surface area (Å²) in [6.45, 7) is 0.546. The van der Waals surface area contributed by atoms with E-state index in [-0.39, 0.29) is 18.4 Å². The minimum absolute atomic E-state index is 0.0282. The molecule has 0 unspecified atom stereocenters. The van der Waals surface area contributed by atoms with Crippen LogP contribution in [0.4, 0.5) is 0 Å². The summed E-state index contributed by atoms with van der Waals surface area (Å²) in [6.07, 6.45) is 0.336. The SMILES string of the molecule is O=C(CCS)NCC(=O)NCCS. The lowest BCUT2D eigenvalue weighted by atomic mass is 10.4. The van der Waals surface area contributed by atoms with Crippen molar-refractivity contribution in [2.24, 2.45) is 0 Å². The van der Waals surface area contributed by atoms with Crippen LogP contribution < -0.4 is 10.6 Å². The van der Waals surface area contributed by atoms with Gasteiger partial charge in [-0.15, -0.1) is 0 Å². The van der Waals surface area contributed by atoms with E-state index >= 15 is 0 Å². The van der Waals surface area contributed by atoms with Crippen LogP contribution in [0.3, 0.4) is 0 Å². The molecule has 0 bridgehead atoms. The van der Waals surface area contributed by atoms with Gasteiger partial charge < -0.3 is 10.6 Å². The fourth-order valence-electron chi connectivity index (χ4n) is 0.627. The lowest BCUT2D eigenvalue weighted by Gasteiger charge is -2.04. The van der Waals surface area contributed by atoms with E-state index in [2.05, 4.69) is 35.9 Å². The monoisotopic (exact) mass is 222 g/mol. The van der Waals surface area contributed by atoms with Crippen molar-refractivity contribution in [3.8, 4) is 0 Å². The normalized spacial score (nSPS) is 9.38. The number of thiol groups is 2. The molecule has 0 atom stereocenters. The molecule has 4 nitrogen and oxygen atoms in total. The smallest absolute Gasteiger partial charge is 0.239 e. The van der Waals surface area contributed by atoms with Crippen molar-refractivity contribution in [1.29, 1.82) is 0 Å². The van der Waals surface area contributed by atoms with E-state index in [0.29, 0.717) is 24.5 Å². The topological polar surface area (TPSA) is 58.2 Å². The van der Waals surface area contributed by atoms with Gasteiger partial charge in [0.15, 0.2) is 0 Å². The number of carbonyl (C=O) groups excluding carboxylic acids is 2. The van der Waals surface area contributed by atoms with Gasteiger partial charge in [0.1, 0.15) is 0 Å². The average Bonchev–Trinajstić information content (AvgIpc) is 2.12. The van der Waals surface area contributed by atoms with Gasteiger partial charge >= 0.3 is 0 Å². The van der Waals surface area contributed by atoms with Gasteiger partial charge in [-0.05, 0) is 5.75 Å². The van der Waals surface area contributed by atoms with Gasteiger partial charge in [0.2, 0.25) is 11.8 Å². The lowest BCUT2D eigenvalue weighted by molar-refractivity contribution is -0.125. The maximum Gasteiger partial charge on any atom is 0.239 e. The number of hydrogen-bond acceptors (Lipinski definition) is 4. The molecule has 2 N–H and O–H groups in total. The third kappa shape index (κ3) is 7.98. The maximum atomic E-state index is 10.9. The summed E-state index contributed by atoms with van der Waals surface area (Å²) in [7, 11) is 0. The Morgan fingerprint density at radius 3 is 2.23 bits per heavy atom. The number of hydrogen-bond donors (Lipinski definition) is 4. The quantitative estimate of drug-likeness (QED) is 0.457. The molecule has 6 heteroatoms. The van der Waals surface area contributed by atoms with E-state index < -0.39 is 0 Å². The number of carbonyl (C=O) groups is 2. The van der Waals surface area contributed by atoms with Gasteiger partial charge in [-0.25, -0.2) is 0 Å². The van der Waals surface area contributed by atoms with Crippen LogP contribution >= 0.6 is 25.3 Å². The summed E-state index contributed by atoms with van der Waals surface area (Å²) in [4.78, 5) is 21.8. The van der Waals surface area contributed by atoms with E-state index in [0.717, 1.165) is 0 Å². The predicted molar refractivity (Wildman–Crippen MR) is 58.3 cm³/mol. The van der Waals surface area contributed by atoms with Crippen molar-refractivity contribution in [3.05, 3.63) is 0 Å². The highest BCUT2D eigenvalue weighted by Crippen LogP contribution is 1.82. The molecule has 0 aliphatic heterocycles. The molecular weight excluding hydrogens is 208 g/mol. The molecule has 0 fully saturated rings. The molecule has 0 aromatic rings. The van der Waals surface area contributed by atoms with Gasteiger partial charge in [0.05, 0.1) is 6.54 Å². The second-order valence-corrected chi connectivity index (χ2v) is 3.22. The third-order valence-corrected chi connectivity index (χ3v) is 1.67. The van der Waals surface area contributed by atoms with Crippen molar-refractivity contribution in [3.63, 3.8) is 0 Å². The average molecular weight is 222 g/mol. The van der Waals surface area contributed by atoms with E-state index in [1.165, 1.54) is 0 Å². The molecule has 0 aromatic carbocycles. The van der Waals surface area contributed by atoms with E-state index in [1.807, 2.05) is 0 Å². The van der Waals surface area contributed by atoms with Gasteiger partial charge in [0, 0.05) is 18.7 Å². The summed E-state index contributed by atoms with van der Waals surface area (Å²) in [5, 5.41) is 5.05. The van der Waals surface area contributed by atoms with E-state index in [9.17, 15) is 9.59 Å². The van der Waals surface area contributed by atoms with Crippen molar-refractivity contribution in [2.45, 2.75) is 6.42 Å². The van der Waals surface area contributed by atoms with Gasteiger partial charge in [-0.3, -0.25) is 9.59 Å². The standard InChI is InChI=1S/C7H14N2O2S2/c10-6(1-3-12)9-5-7(11)8-2-4-13/h12-13H,1-5H2,(H,8,11)(H,9,10). The van der Waals surface area contributed by atoms with Crippen molar-refractivity contribution >= 4 is 37.1 Å². The van der Waals surface area contributed by atoms with Crippen LogP contribution in [0.5, 0.6) is 0 Å². The molecule has 2 amide bonds. The molecule has 0 aliphatic rings. The van der Waals surface area contributed by atoms with Crippen LogP contribution in [0.2, 0.25) is 0 Å². The van der Waals surface area contributed by atoms with Crippen molar-refractivity contribution in [1.82, 2.24) is 10.6 Å². The Morgan fingerprint density at radius 2 is 1.69 bits per heavy atom. The summed E-state index contributed by atoms with van der Waals surface area (Å²) < 4.78 is 0. The van der Waals surface area contributed by atoms with E-state index in [4.69, 9.17) is 0 Å². The van der Waals surface area contributed by atoms with Crippen molar-refractivity contribution < 1.29 is 9.59 Å². The maximum absolute atomic E-state index is 10.9. The Labute approximate surface area is 88.7 Å². The highest BCUT2D eigenvalue weighted by atomic mass is 32.1. The zero-order valence-corrected chi connectivity index (χ0v) is 9.04. The molecule has 0 saturated heterocycles. The molecule has 13 heavy (non-hydrogen) atoms. The Balaban J connectivity index is 3.40. The Hall–Kier alpha value is -0.360. The third-order valence-electron chi connectivity index (χ3n) is 1.22. The molecular formula is C7H14N2O2S2. The highest BCUT2D eigenvalue weighted by molar-refractivity contribution is 7.80. The molecule has 0 aromatic heterocycles. The first-order valence-corrected chi connectivity index (χ1v) is 5.22. The van der Waals surface area contributed by atoms with Gasteiger partial charge in [-0.1, -0.05) is 0 Å². The first-order chi connectivity index (χ1) is 6.20. The molecule has 0 radical (unpaired) electrons. The molecule has 0 rings (SSSR count). The zero-order chi connectivity index (χ0) is 10.1. The van der Waals surface area contributed by atoms with Gasteiger partial charge in [-0.2, -0.15) is 25.3 Å². The molecule has 76 valence electrons. The summed E-state index contributed by atoms with van der Waals surface area (Å²) >= 11 is 7.81. The van der Waals surface area contributed by atoms with Crippen LogP contribution in [0.25, 0.3) is 0 Å². The fourth-order valence-corrected chi connectivity index (χ4v) is 0.942. The first-order valence-electron chi connectivity index (χ1n) is 3.95. The number of nitrogens with one attached hydrogen (secondary N) is 2. The second kappa shape index (κ2) is 8.25. The summed E-state index contributed by atoms with van der Waals surface area (Å²) in [6, 6.07) is 0. The Morgan fingerprint density at radius 1 is 1.00 bits per heavy atom. The van der Waals surface area contributed by atoms with Crippen molar-refractivity contribution in [2.75, 3.05) is 24.6 Å². The Kier molecular flexibility index (Phi) is 8.02. The Bertz CT molecular complexity index is 176. The predicted octanol–water partition coefficient (Wildman–Crippen LogP) is -0.532. The largest absolute Gasteiger partial charge is 0.354 e. The van der Waals surface area contributed by atoms with Crippen LogP contribution in [-0.4, -0.2) is 36.4 Å². The van der Waals surface area contributed by atoms with Crippen LogP contribution in [0.1, 0.15) is 6.42 Å². The fraction of sp³-hybridized carbons (Fsp3) is 0.714. The van der Waals surface area contributed by atoms with Gasteiger partial charge in [0.25, 0.3) is 0 Å². The highest BCUT2D eigenvalue weighted by Gasteiger charge is 2.02. The van der Waals surface area contributed by atoms with Crippen LogP contribution in [-0.2, 0) is 9.59 Å². The molecule has 0 saturated carbocycles. The molecule has 0 heterocycles. The van der Waals surface area contributed by atoms with Crippen LogP contribution in [0.15, 0.2) is 0 Å². The lowest BCUT2D eigenvalue weighted by Crippen LogP contribution is -2.37. The van der Waals surface area contributed by atoms with E-state index in [1.54, 1.807) is 0 Å². The number of amides is 2.